The van der Waals surface area contributed by atoms with E-state index >= 15 is 0 Å². The number of rotatable bonds is 3. The first-order chi connectivity index (χ1) is 10.3. The molecule has 0 spiro atoms. The molecule has 0 fully saturated rings. The molecule has 0 aromatic heterocycles. The second-order valence-corrected chi connectivity index (χ2v) is 4.46. The molecule has 0 radical (unpaired) electrons. The van der Waals surface area contributed by atoms with E-state index in [1.165, 1.54) is 30.3 Å². The molecule has 22 heavy (non-hydrogen) atoms. The first-order valence-corrected chi connectivity index (χ1v) is 6.72. The summed E-state index contributed by atoms with van der Waals surface area (Å²) in [6.07, 6.45) is 20.9. The summed E-state index contributed by atoms with van der Waals surface area (Å²) in [6.45, 7) is 0. The fraction of sp³-hybridized carbons (Fsp3) is 0.105. The van der Waals surface area contributed by atoms with E-state index < -0.39 is 0 Å². The van der Waals surface area contributed by atoms with Gasteiger partial charge < -0.3 is 0 Å². The summed E-state index contributed by atoms with van der Waals surface area (Å²) in [4.78, 5) is 11.6. The van der Waals surface area contributed by atoms with Crippen LogP contribution in [0.1, 0.15) is 23.2 Å². The minimum Gasteiger partial charge on any atom is -0.289 e. The van der Waals surface area contributed by atoms with Crippen LogP contribution in [0.25, 0.3) is 0 Å². The SMILES string of the molecule is O=C(/C=C/C1=CC[C-]=C1)c1ccc(F)cc1.[C-]1=CC=CC1.[Fe+2]. The van der Waals surface area contributed by atoms with Crippen molar-refractivity contribution in [3.05, 3.63) is 95.9 Å². The van der Waals surface area contributed by atoms with E-state index in [2.05, 4.69) is 18.2 Å². The molecule has 3 rings (SSSR count). The van der Waals surface area contributed by atoms with Gasteiger partial charge in [-0.3, -0.25) is 16.9 Å². The van der Waals surface area contributed by atoms with E-state index in [9.17, 15) is 9.18 Å². The molecule has 0 aliphatic heterocycles. The van der Waals surface area contributed by atoms with Gasteiger partial charge in [-0.25, -0.2) is 22.6 Å². The van der Waals surface area contributed by atoms with Crippen LogP contribution in [0.3, 0.4) is 0 Å². The maximum Gasteiger partial charge on any atom is 2.00 e. The van der Waals surface area contributed by atoms with E-state index in [-0.39, 0.29) is 28.7 Å². The number of allylic oxidation sites excluding steroid dienone is 10. The Hall–Kier alpha value is -1.96. The third-order valence-corrected chi connectivity index (χ3v) is 2.87. The van der Waals surface area contributed by atoms with Gasteiger partial charge in [-0.15, -0.1) is 18.9 Å². The van der Waals surface area contributed by atoms with E-state index in [4.69, 9.17) is 0 Å². The molecule has 0 bridgehead atoms. The molecule has 1 aromatic carbocycles. The van der Waals surface area contributed by atoms with Gasteiger partial charge in [0.2, 0.25) is 0 Å². The van der Waals surface area contributed by atoms with Crippen LogP contribution in [0.15, 0.2) is 72.4 Å². The Balaban J connectivity index is 0.000000344. The first-order valence-electron chi connectivity index (χ1n) is 6.72. The van der Waals surface area contributed by atoms with Gasteiger partial charge in [0.05, 0.1) is 0 Å². The van der Waals surface area contributed by atoms with Gasteiger partial charge in [-0.05, 0) is 30.3 Å². The quantitative estimate of drug-likeness (QED) is 0.343. The van der Waals surface area contributed by atoms with Gasteiger partial charge in [0.15, 0.2) is 5.78 Å². The Labute approximate surface area is 141 Å². The largest absolute Gasteiger partial charge is 2.00 e. The summed E-state index contributed by atoms with van der Waals surface area (Å²) < 4.78 is 12.6. The zero-order valence-corrected chi connectivity index (χ0v) is 13.0. The third kappa shape index (κ3) is 6.21. The minimum absolute atomic E-state index is 0. The molecule has 1 aromatic rings. The van der Waals surface area contributed by atoms with Crippen LogP contribution in [-0.2, 0) is 17.1 Å². The van der Waals surface area contributed by atoms with Gasteiger partial charge in [0.25, 0.3) is 0 Å². The van der Waals surface area contributed by atoms with Gasteiger partial charge in [-0.1, -0.05) is 0 Å². The smallest absolute Gasteiger partial charge is 0.289 e. The van der Waals surface area contributed by atoms with Crippen LogP contribution in [0.4, 0.5) is 4.39 Å². The topological polar surface area (TPSA) is 17.1 Å². The minimum atomic E-state index is -0.337. The molecular formula is C19H15FFeO. The van der Waals surface area contributed by atoms with Gasteiger partial charge in [-0.2, -0.15) is 17.7 Å². The molecular weight excluding hydrogens is 319 g/mol. The molecule has 1 nitrogen and oxygen atoms in total. The maximum atomic E-state index is 12.6. The third-order valence-electron chi connectivity index (χ3n) is 2.87. The predicted molar refractivity (Wildman–Crippen MR) is 82.0 cm³/mol. The van der Waals surface area contributed by atoms with Crippen LogP contribution >= 0.6 is 0 Å². The summed E-state index contributed by atoms with van der Waals surface area (Å²) >= 11 is 0. The summed E-state index contributed by atoms with van der Waals surface area (Å²) in [6, 6.07) is 5.52. The first kappa shape index (κ1) is 18.1. The molecule has 112 valence electrons. The Kier molecular flexibility index (Phi) is 8.13. The summed E-state index contributed by atoms with van der Waals surface area (Å²) in [7, 11) is 0. The van der Waals surface area contributed by atoms with Gasteiger partial charge in [0, 0.05) is 5.56 Å². The van der Waals surface area contributed by atoms with Crippen molar-refractivity contribution in [3.8, 4) is 0 Å². The number of halogens is 1. The van der Waals surface area contributed by atoms with E-state index in [1.807, 2.05) is 24.3 Å². The van der Waals surface area contributed by atoms with Crippen LogP contribution in [0, 0.1) is 18.0 Å². The number of hydrogen-bond acceptors (Lipinski definition) is 1. The van der Waals surface area contributed by atoms with Crippen molar-refractivity contribution in [2.24, 2.45) is 0 Å². The summed E-state index contributed by atoms with van der Waals surface area (Å²) in [5.74, 6) is -0.460. The Bertz CT molecular complexity index is 624. The number of hydrogen-bond donors (Lipinski definition) is 0. The maximum absolute atomic E-state index is 12.6. The Morgan fingerprint density at radius 1 is 1.14 bits per heavy atom. The number of ketones is 1. The summed E-state index contributed by atoms with van der Waals surface area (Å²) in [5, 5.41) is 0. The van der Waals surface area contributed by atoms with Crippen LogP contribution < -0.4 is 0 Å². The monoisotopic (exact) mass is 334 g/mol. The normalized spacial score (nSPS) is 14.5. The zero-order chi connectivity index (χ0) is 14.9. The van der Waals surface area contributed by atoms with Crippen LogP contribution in [0.2, 0.25) is 0 Å². The van der Waals surface area contributed by atoms with Crippen molar-refractivity contribution in [1.82, 2.24) is 0 Å². The zero-order valence-electron chi connectivity index (χ0n) is 11.9. The van der Waals surface area contributed by atoms with Crippen molar-refractivity contribution >= 4 is 5.78 Å². The molecule has 0 unspecified atom stereocenters. The number of benzene rings is 1. The van der Waals surface area contributed by atoms with E-state index in [0.717, 1.165) is 18.4 Å². The molecule has 0 amide bonds. The Morgan fingerprint density at radius 2 is 1.91 bits per heavy atom. The van der Waals surface area contributed by atoms with Crippen molar-refractivity contribution in [1.29, 1.82) is 0 Å². The molecule has 0 saturated carbocycles. The fourth-order valence-electron chi connectivity index (χ4n) is 1.75. The van der Waals surface area contributed by atoms with Crippen molar-refractivity contribution in [3.63, 3.8) is 0 Å². The van der Waals surface area contributed by atoms with Gasteiger partial charge >= 0.3 is 17.1 Å². The van der Waals surface area contributed by atoms with Crippen LogP contribution in [0.5, 0.6) is 0 Å². The second-order valence-electron chi connectivity index (χ2n) is 4.46. The second kappa shape index (κ2) is 9.88. The number of carbonyl (C=O) groups excluding carboxylic acids is 1. The average molecular weight is 334 g/mol. The van der Waals surface area contributed by atoms with Crippen molar-refractivity contribution in [2.45, 2.75) is 12.8 Å². The Morgan fingerprint density at radius 3 is 2.41 bits per heavy atom. The molecule has 3 heteroatoms. The average Bonchev–Trinajstić information content (AvgIpc) is 3.21. The van der Waals surface area contributed by atoms with Gasteiger partial charge in [0.1, 0.15) is 5.82 Å². The summed E-state index contributed by atoms with van der Waals surface area (Å²) in [5.41, 5.74) is 1.47. The predicted octanol–water partition coefficient (Wildman–Crippen LogP) is 4.56. The number of carbonyl (C=O) groups is 1. The molecule has 2 aliphatic carbocycles. The molecule has 0 atom stereocenters. The van der Waals surface area contributed by atoms with Crippen molar-refractivity contribution in [2.75, 3.05) is 0 Å². The van der Waals surface area contributed by atoms with Crippen molar-refractivity contribution < 1.29 is 26.3 Å². The van der Waals surface area contributed by atoms with E-state index in [0.29, 0.717) is 5.56 Å². The fourth-order valence-corrected chi connectivity index (χ4v) is 1.75. The molecule has 0 heterocycles. The molecule has 0 N–H and O–H groups in total. The van der Waals surface area contributed by atoms with Crippen LogP contribution in [-0.4, -0.2) is 5.78 Å². The standard InChI is InChI=1S/C14H10FO.C5H5.Fe/c15-13-8-6-12(7-9-13)14(16)10-5-11-3-1-2-4-11;1-2-4-5-3-1;/h3-10H,1H2;1-3H,4H2;/q2*-1;+2/b10-5+;;. The van der Waals surface area contributed by atoms with E-state index in [1.54, 1.807) is 6.08 Å². The molecule has 0 saturated heterocycles. The molecule has 2 aliphatic rings.